The lowest BCUT2D eigenvalue weighted by molar-refractivity contribution is -0.165. The Labute approximate surface area is 94.0 Å². The van der Waals surface area contributed by atoms with Crippen molar-refractivity contribution in [3.63, 3.8) is 0 Å². The van der Waals surface area contributed by atoms with Gasteiger partial charge in [-0.15, -0.1) is 0 Å². The van der Waals surface area contributed by atoms with Crippen molar-refractivity contribution in [2.75, 3.05) is 0 Å². The number of halogens is 4. The summed E-state index contributed by atoms with van der Waals surface area (Å²) in [5, 5.41) is 9.51. The number of ketones is 1. The average molecular weight is 251 g/mol. The molecule has 0 aliphatic carbocycles. The van der Waals surface area contributed by atoms with Gasteiger partial charge in [-0.05, 0) is 12.1 Å². The number of benzene rings is 1. The molecule has 1 aromatic carbocycles. The molecule has 0 radical (unpaired) electrons. The quantitative estimate of drug-likeness (QED) is 0.645. The molecule has 2 nitrogen and oxygen atoms in total. The van der Waals surface area contributed by atoms with E-state index in [4.69, 9.17) is 11.6 Å². The first-order chi connectivity index (χ1) is 7.30. The Balaban J connectivity index is 2.99. The highest BCUT2D eigenvalue weighted by Gasteiger charge is 2.36. The summed E-state index contributed by atoms with van der Waals surface area (Å²) < 4.78 is 35.6. The maximum absolute atomic E-state index is 11.9. The molecule has 0 aromatic heterocycles. The van der Waals surface area contributed by atoms with Crippen molar-refractivity contribution in [3.8, 4) is 0 Å². The van der Waals surface area contributed by atoms with Crippen LogP contribution in [-0.2, 0) is 4.79 Å². The Morgan fingerprint density at radius 2 is 2.00 bits per heavy atom. The number of aliphatic hydroxyl groups excluding tert-OH is 1. The molecule has 86 valence electrons. The van der Waals surface area contributed by atoms with Gasteiger partial charge in [-0.1, -0.05) is 23.7 Å². The Morgan fingerprint density at radius 1 is 1.38 bits per heavy atom. The van der Waals surface area contributed by atoms with Crippen molar-refractivity contribution in [3.05, 3.63) is 40.9 Å². The fourth-order valence-corrected chi connectivity index (χ4v) is 1.13. The molecule has 0 amide bonds. The molecule has 0 aliphatic rings. The number of aliphatic hydroxyl groups is 1. The zero-order valence-electron chi connectivity index (χ0n) is 7.75. The van der Waals surface area contributed by atoms with Crippen LogP contribution in [0.4, 0.5) is 13.2 Å². The van der Waals surface area contributed by atoms with Gasteiger partial charge in [-0.3, -0.25) is 4.79 Å². The van der Waals surface area contributed by atoms with E-state index in [0.29, 0.717) is 0 Å². The zero-order valence-corrected chi connectivity index (χ0v) is 8.51. The minimum atomic E-state index is -4.99. The summed E-state index contributed by atoms with van der Waals surface area (Å²) in [7, 11) is 0. The van der Waals surface area contributed by atoms with E-state index < -0.39 is 17.7 Å². The molecule has 16 heavy (non-hydrogen) atoms. The minimum Gasteiger partial charge on any atom is -0.507 e. The topological polar surface area (TPSA) is 37.3 Å². The largest absolute Gasteiger partial charge is 0.507 e. The van der Waals surface area contributed by atoms with E-state index >= 15 is 0 Å². The van der Waals surface area contributed by atoms with Gasteiger partial charge < -0.3 is 5.11 Å². The summed E-state index contributed by atoms with van der Waals surface area (Å²) >= 11 is 5.57. The van der Waals surface area contributed by atoms with Crippen molar-refractivity contribution < 1.29 is 23.1 Å². The Bertz CT molecular complexity index is 438. The fourth-order valence-electron chi connectivity index (χ4n) is 0.937. The van der Waals surface area contributed by atoms with Crippen LogP contribution in [0.25, 0.3) is 5.76 Å². The van der Waals surface area contributed by atoms with Crippen LogP contribution in [0.2, 0.25) is 5.02 Å². The monoisotopic (exact) mass is 250 g/mol. The summed E-state index contributed by atoms with van der Waals surface area (Å²) in [5.41, 5.74) is 0.0464. The Morgan fingerprint density at radius 3 is 2.50 bits per heavy atom. The molecule has 0 bridgehead atoms. The summed E-state index contributed by atoms with van der Waals surface area (Å²) in [4.78, 5) is 10.5. The van der Waals surface area contributed by atoms with E-state index in [9.17, 15) is 23.1 Å². The second-order valence-electron chi connectivity index (χ2n) is 2.90. The van der Waals surface area contributed by atoms with E-state index in [0.717, 1.165) is 0 Å². The third-order valence-corrected chi connectivity index (χ3v) is 1.90. The van der Waals surface area contributed by atoms with Gasteiger partial charge in [0.2, 0.25) is 0 Å². The van der Waals surface area contributed by atoms with Gasteiger partial charge in [0.05, 0.1) is 0 Å². The van der Waals surface area contributed by atoms with Gasteiger partial charge in [0.15, 0.2) is 0 Å². The van der Waals surface area contributed by atoms with Crippen LogP contribution in [0, 0.1) is 0 Å². The average Bonchev–Trinajstić information content (AvgIpc) is 2.16. The molecule has 0 saturated heterocycles. The first-order valence-corrected chi connectivity index (χ1v) is 4.46. The predicted molar refractivity (Wildman–Crippen MR) is 53.1 cm³/mol. The molecular weight excluding hydrogens is 245 g/mol. The number of rotatable bonds is 2. The number of carbonyl (C=O) groups excluding carboxylic acids is 1. The fraction of sp³-hybridized carbons (Fsp3) is 0.100. The molecule has 1 aromatic rings. The predicted octanol–water partition coefficient (Wildman–Crippen LogP) is 3.37. The number of allylic oxidation sites excluding steroid dienone is 1. The summed E-state index contributed by atoms with van der Waals surface area (Å²) in [5.74, 6) is -2.89. The van der Waals surface area contributed by atoms with Crippen LogP contribution in [0.3, 0.4) is 0 Å². The first kappa shape index (κ1) is 12.6. The number of hydrogen-bond acceptors (Lipinski definition) is 2. The molecular formula is C10H6ClF3O2. The van der Waals surface area contributed by atoms with Gasteiger partial charge >= 0.3 is 6.18 Å². The van der Waals surface area contributed by atoms with Crippen LogP contribution in [0.5, 0.6) is 0 Å². The van der Waals surface area contributed by atoms with E-state index in [-0.39, 0.29) is 16.7 Å². The molecule has 0 fully saturated rings. The third kappa shape index (κ3) is 3.27. The molecule has 0 aliphatic heterocycles. The van der Waals surface area contributed by atoms with Crippen LogP contribution >= 0.6 is 11.6 Å². The van der Waals surface area contributed by atoms with Crippen LogP contribution in [-0.4, -0.2) is 17.1 Å². The van der Waals surface area contributed by atoms with Crippen molar-refractivity contribution in [2.24, 2.45) is 0 Å². The normalized spacial score (nSPS) is 12.6. The minimum absolute atomic E-state index is 0.0464. The third-order valence-electron chi connectivity index (χ3n) is 1.67. The molecule has 1 N–H and O–H groups in total. The van der Waals surface area contributed by atoms with Crippen LogP contribution < -0.4 is 0 Å². The van der Waals surface area contributed by atoms with Crippen molar-refractivity contribution >= 4 is 23.1 Å². The Hall–Kier alpha value is -1.49. The highest BCUT2D eigenvalue weighted by molar-refractivity contribution is 6.30. The highest BCUT2D eigenvalue weighted by atomic mass is 35.5. The molecule has 1 rings (SSSR count). The second-order valence-corrected chi connectivity index (χ2v) is 3.34. The SMILES string of the molecule is O=C(C=C(O)c1cccc(Cl)c1)C(F)(F)F. The van der Waals surface area contributed by atoms with Gasteiger partial charge in [-0.2, -0.15) is 13.2 Å². The Kier molecular flexibility index (Phi) is 3.59. The smallest absolute Gasteiger partial charge is 0.454 e. The lowest BCUT2D eigenvalue weighted by Gasteiger charge is -2.03. The van der Waals surface area contributed by atoms with Crippen molar-refractivity contribution in [1.29, 1.82) is 0 Å². The molecule has 0 saturated carbocycles. The molecule has 0 spiro atoms. The van der Waals surface area contributed by atoms with Crippen molar-refractivity contribution in [1.82, 2.24) is 0 Å². The van der Waals surface area contributed by atoms with Gasteiger partial charge in [0.1, 0.15) is 5.76 Å². The number of carbonyl (C=O) groups is 1. The zero-order chi connectivity index (χ0) is 12.3. The van der Waals surface area contributed by atoms with E-state index in [1.54, 1.807) is 0 Å². The lowest BCUT2D eigenvalue weighted by Crippen LogP contribution is -2.20. The maximum Gasteiger partial charge on any atom is 0.454 e. The van der Waals surface area contributed by atoms with Crippen LogP contribution in [0.15, 0.2) is 30.3 Å². The van der Waals surface area contributed by atoms with E-state index in [2.05, 4.69) is 0 Å². The molecule has 6 heteroatoms. The highest BCUT2D eigenvalue weighted by Crippen LogP contribution is 2.21. The number of hydrogen-bond donors (Lipinski definition) is 1. The number of alkyl halides is 3. The summed E-state index contributed by atoms with van der Waals surface area (Å²) in [6, 6.07) is 5.52. The first-order valence-electron chi connectivity index (χ1n) is 4.08. The van der Waals surface area contributed by atoms with E-state index in [1.807, 2.05) is 0 Å². The van der Waals surface area contributed by atoms with E-state index in [1.165, 1.54) is 24.3 Å². The van der Waals surface area contributed by atoms with Gasteiger partial charge in [0, 0.05) is 16.7 Å². The maximum atomic E-state index is 11.9. The standard InChI is InChI=1S/C10H6ClF3O2/c11-7-3-1-2-6(4-7)8(15)5-9(16)10(12,13)14/h1-5,15H. The van der Waals surface area contributed by atoms with Gasteiger partial charge in [-0.25, -0.2) is 0 Å². The second kappa shape index (κ2) is 4.57. The summed E-state index contributed by atoms with van der Waals surface area (Å²) in [6.07, 6.45) is -4.88. The van der Waals surface area contributed by atoms with Gasteiger partial charge in [0.25, 0.3) is 5.78 Å². The summed E-state index contributed by atoms with van der Waals surface area (Å²) in [6.45, 7) is 0. The molecule has 0 heterocycles. The molecule has 0 atom stereocenters. The van der Waals surface area contributed by atoms with Crippen LogP contribution in [0.1, 0.15) is 5.56 Å². The lowest BCUT2D eigenvalue weighted by atomic mass is 10.1. The molecule has 0 unspecified atom stereocenters. The van der Waals surface area contributed by atoms with Crippen molar-refractivity contribution in [2.45, 2.75) is 6.18 Å².